The van der Waals surface area contributed by atoms with Gasteiger partial charge in [0.05, 0.1) is 24.7 Å². The van der Waals surface area contributed by atoms with Crippen molar-refractivity contribution in [2.24, 2.45) is 0 Å². The molecule has 27 heavy (non-hydrogen) atoms. The molecule has 3 rings (SSSR count). The Labute approximate surface area is 158 Å². The van der Waals surface area contributed by atoms with Crippen LogP contribution in [0, 0.1) is 0 Å². The summed E-state index contributed by atoms with van der Waals surface area (Å²) in [4.78, 5) is 12.6. The Balaban J connectivity index is 1.84. The van der Waals surface area contributed by atoms with Gasteiger partial charge < -0.3 is 14.2 Å². The van der Waals surface area contributed by atoms with E-state index < -0.39 is 16.0 Å². The summed E-state index contributed by atoms with van der Waals surface area (Å²) in [5.74, 6) is 0.526. The van der Waals surface area contributed by atoms with E-state index in [0.717, 1.165) is 12.8 Å². The molecule has 1 heterocycles. The first-order valence-corrected chi connectivity index (χ1v) is 9.93. The summed E-state index contributed by atoms with van der Waals surface area (Å²) in [7, 11) is -0.617. The standard InChI is InChI=1S/C19H21NO6S/c1-24-15-11-16(25-2)13-17(12-15)26-19(21)14-6-5-7-18(10-14)27(22,23)20-8-3-4-9-20/h5-7,10-13H,3-4,8-9H2,1-2H3. The maximum atomic E-state index is 12.7. The van der Waals surface area contributed by atoms with Crippen molar-refractivity contribution in [2.45, 2.75) is 17.7 Å². The summed E-state index contributed by atoms with van der Waals surface area (Å²) < 4.78 is 42.5. The Hall–Kier alpha value is -2.58. The van der Waals surface area contributed by atoms with Gasteiger partial charge in [0.15, 0.2) is 0 Å². The van der Waals surface area contributed by atoms with Crippen LogP contribution in [0.1, 0.15) is 23.2 Å². The van der Waals surface area contributed by atoms with E-state index in [9.17, 15) is 13.2 Å². The monoisotopic (exact) mass is 391 g/mol. The molecule has 0 bridgehead atoms. The minimum Gasteiger partial charge on any atom is -0.496 e. The molecular weight excluding hydrogens is 370 g/mol. The van der Waals surface area contributed by atoms with E-state index in [1.54, 1.807) is 18.2 Å². The van der Waals surface area contributed by atoms with Crippen molar-refractivity contribution in [3.05, 3.63) is 48.0 Å². The molecule has 1 aliphatic rings. The van der Waals surface area contributed by atoms with Gasteiger partial charge in [-0.25, -0.2) is 13.2 Å². The molecule has 0 radical (unpaired) electrons. The van der Waals surface area contributed by atoms with Crippen LogP contribution in [0.4, 0.5) is 0 Å². The van der Waals surface area contributed by atoms with Gasteiger partial charge >= 0.3 is 5.97 Å². The van der Waals surface area contributed by atoms with Gasteiger partial charge in [0.2, 0.25) is 10.0 Å². The van der Waals surface area contributed by atoms with Crippen LogP contribution in [-0.2, 0) is 10.0 Å². The maximum absolute atomic E-state index is 12.7. The highest BCUT2D eigenvalue weighted by atomic mass is 32.2. The largest absolute Gasteiger partial charge is 0.496 e. The Morgan fingerprint density at radius 3 is 2.11 bits per heavy atom. The van der Waals surface area contributed by atoms with Crippen LogP contribution in [0.5, 0.6) is 17.2 Å². The number of nitrogens with zero attached hydrogens (tertiary/aromatic N) is 1. The lowest BCUT2D eigenvalue weighted by molar-refractivity contribution is 0.0734. The van der Waals surface area contributed by atoms with E-state index >= 15 is 0 Å². The van der Waals surface area contributed by atoms with Crippen molar-refractivity contribution in [3.8, 4) is 17.2 Å². The van der Waals surface area contributed by atoms with E-state index in [2.05, 4.69) is 0 Å². The number of rotatable bonds is 6. The van der Waals surface area contributed by atoms with Crippen LogP contribution < -0.4 is 14.2 Å². The summed E-state index contributed by atoms with van der Waals surface area (Å²) >= 11 is 0. The second-order valence-corrected chi connectivity index (χ2v) is 8.01. The highest BCUT2D eigenvalue weighted by Crippen LogP contribution is 2.28. The Morgan fingerprint density at radius 1 is 0.926 bits per heavy atom. The molecular formula is C19H21NO6S. The second kappa shape index (κ2) is 7.98. The lowest BCUT2D eigenvalue weighted by Crippen LogP contribution is -2.28. The number of hydrogen-bond acceptors (Lipinski definition) is 6. The van der Waals surface area contributed by atoms with Gasteiger partial charge in [0.1, 0.15) is 17.2 Å². The van der Waals surface area contributed by atoms with Crippen LogP contribution in [0.15, 0.2) is 47.4 Å². The first-order valence-electron chi connectivity index (χ1n) is 8.49. The normalized spacial score (nSPS) is 14.7. The molecule has 2 aromatic carbocycles. The van der Waals surface area contributed by atoms with E-state index in [-0.39, 0.29) is 16.2 Å². The molecule has 1 fully saturated rings. The summed E-state index contributed by atoms with van der Waals surface area (Å²) in [6.45, 7) is 1.00. The molecule has 0 saturated carbocycles. The van der Waals surface area contributed by atoms with Gasteiger partial charge in [0, 0.05) is 31.3 Å². The van der Waals surface area contributed by atoms with Gasteiger partial charge in [-0.05, 0) is 31.0 Å². The topological polar surface area (TPSA) is 82.1 Å². The Kier molecular flexibility index (Phi) is 5.67. The molecule has 1 aliphatic heterocycles. The Morgan fingerprint density at radius 2 is 1.52 bits per heavy atom. The molecule has 7 nitrogen and oxygen atoms in total. The van der Waals surface area contributed by atoms with Crippen molar-refractivity contribution < 1.29 is 27.4 Å². The number of carbonyl (C=O) groups is 1. The predicted molar refractivity (Wildman–Crippen MR) is 98.9 cm³/mol. The smallest absolute Gasteiger partial charge is 0.343 e. The van der Waals surface area contributed by atoms with Gasteiger partial charge in [-0.2, -0.15) is 4.31 Å². The van der Waals surface area contributed by atoms with Crippen molar-refractivity contribution in [3.63, 3.8) is 0 Å². The maximum Gasteiger partial charge on any atom is 0.343 e. The lowest BCUT2D eigenvalue weighted by atomic mass is 10.2. The highest BCUT2D eigenvalue weighted by Gasteiger charge is 2.27. The van der Waals surface area contributed by atoms with Crippen molar-refractivity contribution >= 4 is 16.0 Å². The van der Waals surface area contributed by atoms with E-state index in [1.165, 1.54) is 42.8 Å². The SMILES string of the molecule is COc1cc(OC)cc(OC(=O)c2cccc(S(=O)(=O)N3CCCC3)c2)c1. The first kappa shape index (κ1) is 19.2. The van der Waals surface area contributed by atoms with Crippen molar-refractivity contribution in [1.82, 2.24) is 4.31 Å². The quantitative estimate of drug-likeness (QED) is 0.556. The fraction of sp³-hybridized carbons (Fsp3) is 0.316. The van der Waals surface area contributed by atoms with Crippen LogP contribution in [0.2, 0.25) is 0 Å². The first-order chi connectivity index (χ1) is 12.9. The molecule has 0 atom stereocenters. The third-order valence-electron chi connectivity index (χ3n) is 4.31. The lowest BCUT2D eigenvalue weighted by Gasteiger charge is -2.16. The van der Waals surface area contributed by atoms with E-state index in [0.29, 0.717) is 24.6 Å². The number of ether oxygens (including phenoxy) is 3. The fourth-order valence-electron chi connectivity index (χ4n) is 2.87. The van der Waals surface area contributed by atoms with Crippen LogP contribution in [0.3, 0.4) is 0 Å². The average Bonchev–Trinajstić information content (AvgIpc) is 3.23. The minimum absolute atomic E-state index is 0.0853. The zero-order chi connectivity index (χ0) is 19.4. The van der Waals surface area contributed by atoms with Gasteiger partial charge in [0.25, 0.3) is 0 Å². The summed E-state index contributed by atoms with van der Waals surface area (Å²) in [6.07, 6.45) is 1.69. The molecule has 144 valence electrons. The third-order valence-corrected chi connectivity index (χ3v) is 6.20. The molecule has 0 amide bonds. The highest BCUT2D eigenvalue weighted by molar-refractivity contribution is 7.89. The second-order valence-electron chi connectivity index (χ2n) is 6.08. The number of benzene rings is 2. The van der Waals surface area contributed by atoms with Crippen molar-refractivity contribution in [2.75, 3.05) is 27.3 Å². The predicted octanol–water partition coefficient (Wildman–Crippen LogP) is 2.71. The molecule has 1 saturated heterocycles. The number of hydrogen-bond donors (Lipinski definition) is 0. The van der Waals surface area contributed by atoms with Crippen LogP contribution >= 0.6 is 0 Å². The summed E-state index contributed by atoms with van der Waals surface area (Å²) in [6, 6.07) is 10.6. The van der Waals surface area contributed by atoms with Gasteiger partial charge in [-0.3, -0.25) is 0 Å². The van der Waals surface area contributed by atoms with Crippen molar-refractivity contribution in [1.29, 1.82) is 0 Å². The molecule has 0 spiro atoms. The Bertz CT molecular complexity index is 913. The van der Waals surface area contributed by atoms with Gasteiger partial charge in [-0.1, -0.05) is 6.07 Å². The average molecular weight is 391 g/mol. The summed E-state index contributed by atoms with van der Waals surface area (Å²) in [5.41, 5.74) is 0.150. The molecule has 0 N–H and O–H groups in total. The fourth-order valence-corrected chi connectivity index (χ4v) is 4.43. The number of esters is 1. The van der Waals surface area contributed by atoms with E-state index in [4.69, 9.17) is 14.2 Å². The van der Waals surface area contributed by atoms with Crippen LogP contribution in [0.25, 0.3) is 0 Å². The molecule has 0 aliphatic carbocycles. The molecule has 0 aromatic heterocycles. The minimum atomic E-state index is -3.60. The number of sulfonamides is 1. The number of carbonyl (C=O) groups excluding carboxylic acids is 1. The molecule has 8 heteroatoms. The number of methoxy groups -OCH3 is 2. The van der Waals surface area contributed by atoms with E-state index in [1.807, 2.05) is 0 Å². The third kappa shape index (κ3) is 4.23. The van der Waals surface area contributed by atoms with Gasteiger partial charge in [-0.15, -0.1) is 0 Å². The summed E-state index contributed by atoms with van der Waals surface area (Å²) in [5, 5.41) is 0. The van der Waals surface area contributed by atoms with Crippen LogP contribution in [-0.4, -0.2) is 46.0 Å². The molecule has 2 aromatic rings. The molecule has 0 unspecified atom stereocenters. The zero-order valence-corrected chi connectivity index (χ0v) is 16.0. The zero-order valence-electron chi connectivity index (χ0n) is 15.2.